The van der Waals surface area contributed by atoms with Crippen molar-refractivity contribution in [1.82, 2.24) is 10.2 Å². The van der Waals surface area contributed by atoms with Crippen molar-refractivity contribution in [2.24, 2.45) is 5.92 Å². The molecule has 3 nitrogen and oxygen atoms in total. The number of hydrogen-bond acceptors (Lipinski definition) is 2. The van der Waals surface area contributed by atoms with Crippen LogP contribution in [0.3, 0.4) is 0 Å². The van der Waals surface area contributed by atoms with Gasteiger partial charge in [-0.2, -0.15) is 0 Å². The molecule has 1 aromatic carbocycles. The number of carbonyl (C=O) groups excluding carboxylic acids is 1. The highest BCUT2D eigenvalue weighted by Gasteiger charge is 2.28. The molecular formula is C20H30N2O. The minimum absolute atomic E-state index is 0.376. The Labute approximate surface area is 140 Å². The van der Waals surface area contributed by atoms with Gasteiger partial charge in [0.1, 0.15) is 0 Å². The largest absolute Gasteiger partial charge is 0.342 e. The predicted octanol–water partition coefficient (Wildman–Crippen LogP) is 3.31. The first-order valence-corrected chi connectivity index (χ1v) is 9.27. The van der Waals surface area contributed by atoms with Crippen LogP contribution in [-0.2, 0) is 11.2 Å². The third-order valence-corrected chi connectivity index (χ3v) is 5.14. The topological polar surface area (TPSA) is 32.3 Å². The van der Waals surface area contributed by atoms with Crippen LogP contribution in [0.5, 0.6) is 0 Å². The summed E-state index contributed by atoms with van der Waals surface area (Å²) in [5.74, 6) is 1.18. The monoisotopic (exact) mass is 314 g/mol. The molecule has 1 aliphatic carbocycles. The molecule has 0 aromatic heterocycles. The van der Waals surface area contributed by atoms with Crippen LogP contribution < -0.4 is 5.32 Å². The Kier molecular flexibility index (Phi) is 5.71. The fraction of sp³-hybridized carbons (Fsp3) is 0.650. The van der Waals surface area contributed by atoms with Crippen molar-refractivity contribution < 1.29 is 4.79 Å². The van der Waals surface area contributed by atoms with Gasteiger partial charge in [0.05, 0.1) is 0 Å². The molecule has 2 fully saturated rings. The summed E-state index contributed by atoms with van der Waals surface area (Å²) in [5.41, 5.74) is 2.77. The minimum Gasteiger partial charge on any atom is -0.342 e. The van der Waals surface area contributed by atoms with Crippen molar-refractivity contribution in [3.63, 3.8) is 0 Å². The Bertz CT molecular complexity index is 524. The van der Waals surface area contributed by atoms with E-state index < -0.39 is 0 Å². The number of aryl methyl sites for hydroxylation is 2. The zero-order chi connectivity index (χ0) is 16.1. The van der Waals surface area contributed by atoms with Crippen molar-refractivity contribution in [3.05, 3.63) is 35.4 Å². The average molecular weight is 314 g/mol. The van der Waals surface area contributed by atoms with Gasteiger partial charge >= 0.3 is 0 Å². The van der Waals surface area contributed by atoms with E-state index in [2.05, 4.69) is 41.4 Å². The third kappa shape index (κ3) is 5.35. The molecule has 1 saturated heterocycles. The SMILES string of the molecule is Cc1cccc(CCCNC2CCC(=O)N(CC3CC3)CC2)c1. The Morgan fingerprint density at radius 3 is 2.87 bits per heavy atom. The van der Waals surface area contributed by atoms with Gasteiger partial charge in [0, 0.05) is 25.6 Å². The van der Waals surface area contributed by atoms with Crippen LogP contribution in [-0.4, -0.2) is 36.5 Å². The van der Waals surface area contributed by atoms with E-state index in [0.29, 0.717) is 11.9 Å². The molecule has 0 bridgehead atoms. The summed E-state index contributed by atoms with van der Waals surface area (Å²) in [6, 6.07) is 9.30. The van der Waals surface area contributed by atoms with E-state index in [-0.39, 0.29) is 0 Å². The standard InChI is InChI=1S/C20H30N2O/c1-16-4-2-5-17(14-16)6-3-12-21-19-9-10-20(23)22(13-11-19)15-18-7-8-18/h2,4-5,14,18-19,21H,3,6-13,15H2,1H3. The number of rotatable bonds is 7. The van der Waals surface area contributed by atoms with E-state index in [1.807, 2.05) is 0 Å². The molecule has 1 aromatic rings. The van der Waals surface area contributed by atoms with Crippen LogP contribution in [0.2, 0.25) is 0 Å². The molecule has 23 heavy (non-hydrogen) atoms. The van der Waals surface area contributed by atoms with Crippen LogP contribution in [0.25, 0.3) is 0 Å². The highest BCUT2D eigenvalue weighted by molar-refractivity contribution is 5.76. The van der Waals surface area contributed by atoms with E-state index in [1.54, 1.807) is 0 Å². The van der Waals surface area contributed by atoms with Crippen molar-refractivity contribution in [3.8, 4) is 0 Å². The van der Waals surface area contributed by atoms with Crippen LogP contribution >= 0.6 is 0 Å². The molecule has 2 aliphatic rings. The highest BCUT2D eigenvalue weighted by atomic mass is 16.2. The van der Waals surface area contributed by atoms with E-state index in [9.17, 15) is 4.79 Å². The Morgan fingerprint density at radius 2 is 2.09 bits per heavy atom. The van der Waals surface area contributed by atoms with Gasteiger partial charge in [-0.25, -0.2) is 0 Å². The van der Waals surface area contributed by atoms with Gasteiger partial charge in [-0.1, -0.05) is 29.8 Å². The molecule has 1 saturated carbocycles. The zero-order valence-electron chi connectivity index (χ0n) is 14.4. The van der Waals surface area contributed by atoms with E-state index >= 15 is 0 Å². The lowest BCUT2D eigenvalue weighted by Gasteiger charge is -2.21. The summed E-state index contributed by atoms with van der Waals surface area (Å²) in [6.45, 7) is 5.16. The molecule has 3 rings (SSSR count). The first-order valence-electron chi connectivity index (χ1n) is 9.27. The van der Waals surface area contributed by atoms with Crippen molar-refractivity contribution in [2.45, 2.75) is 57.9 Å². The number of nitrogens with zero attached hydrogens (tertiary/aromatic N) is 1. The lowest BCUT2D eigenvalue weighted by Crippen LogP contribution is -2.34. The molecule has 1 heterocycles. The Morgan fingerprint density at radius 1 is 1.22 bits per heavy atom. The van der Waals surface area contributed by atoms with E-state index in [1.165, 1.54) is 30.4 Å². The molecule has 1 amide bonds. The number of benzene rings is 1. The molecule has 0 radical (unpaired) electrons. The van der Waals surface area contributed by atoms with Crippen LogP contribution in [0.15, 0.2) is 24.3 Å². The van der Waals surface area contributed by atoms with Gasteiger partial charge in [0.15, 0.2) is 0 Å². The molecule has 1 N–H and O–H groups in total. The highest BCUT2D eigenvalue weighted by Crippen LogP contribution is 2.30. The smallest absolute Gasteiger partial charge is 0.222 e. The number of hydrogen-bond donors (Lipinski definition) is 1. The van der Waals surface area contributed by atoms with Crippen LogP contribution in [0.4, 0.5) is 0 Å². The summed E-state index contributed by atoms with van der Waals surface area (Å²) >= 11 is 0. The molecule has 1 unspecified atom stereocenters. The second kappa shape index (κ2) is 7.96. The van der Waals surface area contributed by atoms with Gasteiger partial charge < -0.3 is 10.2 Å². The number of carbonyl (C=O) groups is 1. The Hall–Kier alpha value is -1.35. The third-order valence-electron chi connectivity index (χ3n) is 5.14. The predicted molar refractivity (Wildman–Crippen MR) is 94.4 cm³/mol. The quantitative estimate of drug-likeness (QED) is 0.783. The maximum atomic E-state index is 12.2. The zero-order valence-corrected chi connectivity index (χ0v) is 14.4. The normalized spacial score (nSPS) is 22.2. The molecule has 1 atom stereocenters. The van der Waals surface area contributed by atoms with Gasteiger partial charge in [-0.05, 0) is 63.5 Å². The van der Waals surface area contributed by atoms with Gasteiger partial charge in [0.25, 0.3) is 0 Å². The summed E-state index contributed by atoms with van der Waals surface area (Å²) < 4.78 is 0. The Balaban J connectivity index is 1.36. The fourth-order valence-electron chi connectivity index (χ4n) is 3.51. The van der Waals surface area contributed by atoms with Crippen molar-refractivity contribution in [2.75, 3.05) is 19.6 Å². The molecule has 0 spiro atoms. The summed E-state index contributed by atoms with van der Waals surface area (Å²) in [7, 11) is 0. The van der Waals surface area contributed by atoms with Gasteiger partial charge in [0.2, 0.25) is 5.91 Å². The maximum absolute atomic E-state index is 12.2. The first kappa shape index (κ1) is 16.5. The lowest BCUT2D eigenvalue weighted by atomic mass is 10.1. The first-order chi connectivity index (χ1) is 11.2. The van der Waals surface area contributed by atoms with Crippen molar-refractivity contribution in [1.29, 1.82) is 0 Å². The second-order valence-electron chi connectivity index (χ2n) is 7.35. The fourth-order valence-corrected chi connectivity index (χ4v) is 3.51. The number of likely N-dealkylation sites (tertiary alicyclic amines) is 1. The molecule has 1 aliphatic heterocycles. The molecular weight excluding hydrogens is 284 g/mol. The lowest BCUT2D eigenvalue weighted by molar-refractivity contribution is -0.130. The average Bonchev–Trinajstić information content (AvgIpc) is 3.36. The molecule has 3 heteroatoms. The molecule has 126 valence electrons. The minimum atomic E-state index is 0.376. The van der Waals surface area contributed by atoms with E-state index in [0.717, 1.165) is 51.2 Å². The van der Waals surface area contributed by atoms with Gasteiger partial charge in [-0.3, -0.25) is 4.79 Å². The summed E-state index contributed by atoms with van der Waals surface area (Å²) in [4.78, 5) is 14.3. The van der Waals surface area contributed by atoms with Crippen LogP contribution in [0.1, 0.15) is 49.7 Å². The summed E-state index contributed by atoms with van der Waals surface area (Å²) in [5, 5.41) is 3.68. The van der Waals surface area contributed by atoms with Crippen LogP contribution in [0, 0.1) is 12.8 Å². The van der Waals surface area contributed by atoms with Crippen molar-refractivity contribution >= 4 is 5.91 Å². The number of amides is 1. The second-order valence-corrected chi connectivity index (χ2v) is 7.35. The van der Waals surface area contributed by atoms with E-state index in [4.69, 9.17) is 0 Å². The maximum Gasteiger partial charge on any atom is 0.222 e. The van der Waals surface area contributed by atoms with Gasteiger partial charge in [-0.15, -0.1) is 0 Å². The summed E-state index contributed by atoms with van der Waals surface area (Å²) in [6.07, 6.45) is 7.79. The number of nitrogens with one attached hydrogen (secondary N) is 1.